The first-order valence-corrected chi connectivity index (χ1v) is 5.71. The number of carbonyl (C=O) groups is 1. The lowest BCUT2D eigenvalue weighted by molar-refractivity contribution is -0.138. The quantitative estimate of drug-likeness (QED) is 0.748. The molecule has 1 aliphatic rings. The summed E-state index contributed by atoms with van der Waals surface area (Å²) in [5.74, 6) is 0.517. The van der Waals surface area contributed by atoms with E-state index in [1.54, 1.807) is 0 Å². The van der Waals surface area contributed by atoms with E-state index in [4.69, 9.17) is 0 Å². The highest BCUT2D eigenvalue weighted by Crippen LogP contribution is 2.13. The first-order valence-electron chi connectivity index (χ1n) is 5.71. The summed E-state index contributed by atoms with van der Waals surface area (Å²) in [5.41, 5.74) is 0. The standard InChI is InChI=1S/C11H22N2O.H2/c1-4-9(3)11(14)13-7-6-12-8-10(13)5-2;/h9-10,12H,4-8H2,1-3H3;1H/t9?,10-;/m1./s1. The highest BCUT2D eigenvalue weighted by molar-refractivity contribution is 5.78. The summed E-state index contributed by atoms with van der Waals surface area (Å²) in [7, 11) is 0. The van der Waals surface area contributed by atoms with Gasteiger partial charge in [-0.25, -0.2) is 0 Å². The van der Waals surface area contributed by atoms with Crippen LogP contribution in [0.2, 0.25) is 0 Å². The molecule has 3 nitrogen and oxygen atoms in total. The first kappa shape index (κ1) is 11.5. The molecule has 1 amide bonds. The topological polar surface area (TPSA) is 32.3 Å². The van der Waals surface area contributed by atoms with Crippen LogP contribution in [0.25, 0.3) is 0 Å². The third-order valence-corrected chi connectivity index (χ3v) is 3.14. The fraction of sp³-hybridized carbons (Fsp3) is 0.909. The maximum Gasteiger partial charge on any atom is 0.225 e. The molecular formula is C11H24N2O. The van der Waals surface area contributed by atoms with Crippen molar-refractivity contribution >= 4 is 5.91 Å². The Labute approximate surface area is 88.3 Å². The van der Waals surface area contributed by atoms with Gasteiger partial charge in [-0.1, -0.05) is 20.8 Å². The fourth-order valence-corrected chi connectivity index (χ4v) is 1.87. The minimum atomic E-state index is 0. The monoisotopic (exact) mass is 200 g/mol. The lowest BCUT2D eigenvalue weighted by Crippen LogP contribution is -2.54. The summed E-state index contributed by atoms with van der Waals surface area (Å²) in [4.78, 5) is 14.1. The zero-order chi connectivity index (χ0) is 10.6. The van der Waals surface area contributed by atoms with Crippen LogP contribution in [-0.4, -0.2) is 36.5 Å². The molecule has 3 heteroatoms. The van der Waals surface area contributed by atoms with Gasteiger partial charge in [-0.2, -0.15) is 0 Å². The predicted octanol–water partition coefficient (Wildman–Crippen LogP) is 1.49. The predicted molar refractivity (Wildman–Crippen MR) is 60.2 cm³/mol. The minimum absolute atomic E-state index is 0. The van der Waals surface area contributed by atoms with E-state index in [1.807, 2.05) is 6.92 Å². The highest BCUT2D eigenvalue weighted by Gasteiger charge is 2.27. The van der Waals surface area contributed by atoms with Crippen molar-refractivity contribution in [1.82, 2.24) is 10.2 Å². The molecular weight excluding hydrogens is 176 g/mol. The van der Waals surface area contributed by atoms with Crippen LogP contribution in [0, 0.1) is 5.92 Å². The molecule has 14 heavy (non-hydrogen) atoms. The summed E-state index contributed by atoms with van der Waals surface area (Å²) in [5, 5.41) is 3.33. The average molecular weight is 200 g/mol. The zero-order valence-electron chi connectivity index (χ0n) is 9.55. The lowest BCUT2D eigenvalue weighted by atomic mass is 10.0. The van der Waals surface area contributed by atoms with Crippen molar-refractivity contribution in [3.05, 3.63) is 0 Å². The second-order valence-electron chi connectivity index (χ2n) is 4.11. The molecule has 1 unspecified atom stereocenters. The second-order valence-corrected chi connectivity index (χ2v) is 4.11. The van der Waals surface area contributed by atoms with Crippen LogP contribution in [0.1, 0.15) is 35.0 Å². The molecule has 1 heterocycles. The summed E-state index contributed by atoms with van der Waals surface area (Å²) >= 11 is 0. The molecule has 0 bridgehead atoms. The van der Waals surface area contributed by atoms with Crippen molar-refractivity contribution in [2.45, 2.75) is 39.7 Å². The van der Waals surface area contributed by atoms with E-state index in [2.05, 4.69) is 24.1 Å². The van der Waals surface area contributed by atoms with Gasteiger partial charge in [-0.05, 0) is 12.8 Å². The largest absolute Gasteiger partial charge is 0.337 e. The Kier molecular flexibility index (Phi) is 4.39. The van der Waals surface area contributed by atoms with E-state index in [-0.39, 0.29) is 7.34 Å². The molecule has 2 atom stereocenters. The van der Waals surface area contributed by atoms with E-state index in [1.165, 1.54) is 0 Å². The molecule has 0 aromatic carbocycles. The van der Waals surface area contributed by atoms with Crippen molar-refractivity contribution in [2.75, 3.05) is 19.6 Å². The molecule has 1 rings (SSSR count). The van der Waals surface area contributed by atoms with Crippen molar-refractivity contribution in [2.24, 2.45) is 5.92 Å². The van der Waals surface area contributed by atoms with Crippen LogP contribution in [0.5, 0.6) is 0 Å². The van der Waals surface area contributed by atoms with Gasteiger partial charge >= 0.3 is 0 Å². The Bertz CT molecular complexity index is 199. The van der Waals surface area contributed by atoms with Crippen LogP contribution in [0.3, 0.4) is 0 Å². The molecule has 0 spiro atoms. The van der Waals surface area contributed by atoms with Crippen LogP contribution in [0.15, 0.2) is 0 Å². The van der Waals surface area contributed by atoms with E-state index < -0.39 is 0 Å². The molecule has 1 N–H and O–H groups in total. The number of carbonyl (C=O) groups excluding carboxylic acids is 1. The number of hydrogen-bond donors (Lipinski definition) is 1. The van der Waals surface area contributed by atoms with Crippen LogP contribution >= 0.6 is 0 Å². The molecule has 1 fully saturated rings. The Hall–Kier alpha value is -0.570. The van der Waals surface area contributed by atoms with E-state index in [0.717, 1.165) is 32.5 Å². The van der Waals surface area contributed by atoms with Gasteiger partial charge in [-0.3, -0.25) is 4.79 Å². The average Bonchev–Trinajstić information content (AvgIpc) is 2.26. The number of hydrogen-bond acceptors (Lipinski definition) is 2. The van der Waals surface area contributed by atoms with E-state index >= 15 is 0 Å². The fourth-order valence-electron chi connectivity index (χ4n) is 1.87. The Morgan fingerprint density at radius 3 is 2.93 bits per heavy atom. The van der Waals surface area contributed by atoms with Crippen molar-refractivity contribution in [3.63, 3.8) is 0 Å². The summed E-state index contributed by atoms with van der Waals surface area (Å²) in [6, 6.07) is 0.408. The molecule has 0 aromatic rings. The third kappa shape index (κ3) is 2.47. The molecule has 0 aliphatic carbocycles. The maximum atomic E-state index is 12.0. The summed E-state index contributed by atoms with van der Waals surface area (Å²) < 4.78 is 0. The van der Waals surface area contributed by atoms with Crippen LogP contribution in [0.4, 0.5) is 0 Å². The van der Waals surface area contributed by atoms with Gasteiger partial charge in [0.1, 0.15) is 0 Å². The second kappa shape index (κ2) is 5.35. The summed E-state index contributed by atoms with van der Waals surface area (Å²) in [6.45, 7) is 9.02. The van der Waals surface area contributed by atoms with Gasteiger partial charge in [0.25, 0.3) is 0 Å². The van der Waals surface area contributed by atoms with E-state index in [0.29, 0.717) is 11.9 Å². The number of nitrogens with zero attached hydrogens (tertiary/aromatic N) is 1. The molecule has 0 saturated carbocycles. The van der Waals surface area contributed by atoms with Crippen LogP contribution < -0.4 is 5.32 Å². The Morgan fingerprint density at radius 2 is 2.36 bits per heavy atom. The van der Waals surface area contributed by atoms with Crippen molar-refractivity contribution in [1.29, 1.82) is 0 Å². The van der Waals surface area contributed by atoms with Crippen LogP contribution in [-0.2, 0) is 4.79 Å². The van der Waals surface area contributed by atoms with Gasteiger partial charge in [0.05, 0.1) is 0 Å². The summed E-state index contributed by atoms with van der Waals surface area (Å²) in [6.07, 6.45) is 1.99. The van der Waals surface area contributed by atoms with Gasteiger partial charge < -0.3 is 10.2 Å². The minimum Gasteiger partial charge on any atom is -0.337 e. The maximum absolute atomic E-state index is 12.0. The first-order chi connectivity index (χ1) is 6.70. The third-order valence-electron chi connectivity index (χ3n) is 3.14. The van der Waals surface area contributed by atoms with Crippen molar-refractivity contribution < 1.29 is 6.22 Å². The van der Waals surface area contributed by atoms with Gasteiger partial charge in [0.2, 0.25) is 5.91 Å². The normalized spacial score (nSPS) is 24.8. The zero-order valence-corrected chi connectivity index (χ0v) is 9.55. The smallest absolute Gasteiger partial charge is 0.225 e. The van der Waals surface area contributed by atoms with Gasteiger partial charge in [0, 0.05) is 33.0 Å². The van der Waals surface area contributed by atoms with Gasteiger partial charge in [-0.15, -0.1) is 0 Å². The molecule has 0 radical (unpaired) electrons. The number of rotatable bonds is 3. The Balaban J connectivity index is 0.00000196. The molecule has 1 saturated heterocycles. The molecule has 1 aliphatic heterocycles. The SMILES string of the molecule is CCC(C)C(=O)N1CCNC[C@H]1CC.[HH]. The number of piperazine rings is 1. The lowest BCUT2D eigenvalue weighted by Gasteiger charge is -2.37. The van der Waals surface area contributed by atoms with Crippen molar-refractivity contribution in [3.8, 4) is 0 Å². The number of nitrogens with one attached hydrogen (secondary N) is 1. The Morgan fingerprint density at radius 1 is 1.64 bits per heavy atom. The molecule has 0 aromatic heterocycles. The number of amides is 1. The highest BCUT2D eigenvalue weighted by atomic mass is 16.2. The van der Waals surface area contributed by atoms with Gasteiger partial charge in [0.15, 0.2) is 0 Å². The molecule has 84 valence electrons. The van der Waals surface area contributed by atoms with E-state index in [9.17, 15) is 4.79 Å².